The third kappa shape index (κ3) is 33.6. The Bertz CT molecular complexity index is 675. The fourth-order valence-corrected chi connectivity index (χ4v) is 5.45. The monoisotopic (exact) mass is 675 g/mol. The van der Waals surface area contributed by atoms with Crippen molar-refractivity contribution in [2.24, 2.45) is 0 Å². The molecule has 0 rings (SSSR count). The van der Waals surface area contributed by atoms with Crippen LogP contribution < -0.4 is 0 Å². The molecule has 0 aliphatic heterocycles. The summed E-state index contributed by atoms with van der Waals surface area (Å²) in [7, 11) is 0. The minimum atomic E-state index is -0.564. The molecule has 0 aromatic rings. The highest BCUT2D eigenvalue weighted by Crippen LogP contribution is 2.13. The zero-order valence-electron chi connectivity index (χ0n) is 29.1. The van der Waals surface area contributed by atoms with Crippen LogP contribution in [0, 0.1) is 0 Å². The average Bonchev–Trinajstić information content (AvgIpc) is 3.02. The highest BCUT2D eigenvalue weighted by Gasteiger charge is 2.16. The predicted octanol–water partition coefficient (Wildman–Crippen LogP) is 12.8. The van der Waals surface area contributed by atoms with Gasteiger partial charge in [-0.05, 0) is 64.2 Å². The number of hydrogen-bond acceptors (Lipinski definition) is 4. The first kappa shape index (κ1) is 42.7. The highest BCUT2D eigenvalue weighted by atomic mass is 35.5. The first-order valence-electron chi connectivity index (χ1n) is 18.8. The smallest absolute Gasteiger partial charge is 0.306 e. The molecule has 44 heavy (non-hydrogen) atoms. The van der Waals surface area contributed by atoms with Gasteiger partial charge in [0, 0.05) is 12.8 Å². The number of rotatable bonds is 34. The van der Waals surface area contributed by atoms with Crippen molar-refractivity contribution in [1.82, 2.24) is 0 Å². The van der Waals surface area contributed by atoms with Crippen LogP contribution in [0.15, 0.2) is 24.3 Å². The lowest BCUT2D eigenvalue weighted by Gasteiger charge is -2.15. The number of hydrogen-bond donors (Lipinski definition) is 0. The summed E-state index contributed by atoms with van der Waals surface area (Å²) >= 11 is 5.96. The second kappa shape index (κ2) is 36.2. The lowest BCUT2D eigenvalue weighted by atomic mass is 10.4. The van der Waals surface area contributed by atoms with E-state index in [1.54, 1.807) is 0 Å². The lowest BCUT2D eigenvalue weighted by Crippen LogP contribution is -2.26. The summed E-state index contributed by atoms with van der Waals surface area (Å²) in [6, 6.07) is 0. The molecular weight excluding hydrogens is 604 g/mol. The van der Waals surface area contributed by atoms with Crippen LogP contribution in [-0.2, 0) is 19.1 Å². The molecule has 0 unspecified atom stereocenters. The molecule has 0 radical (unpaired) electrons. The van der Waals surface area contributed by atoms with E-state index in [1.165, 1.54) is 116 Å². The summed E-state index contributed by atoms with van der Waals surface area (Å²) in [4.78, 5) is 24.3. The molecule has 0 aromatic heterocycles. The Morgan fingerprint density at radius 2 is 0.841 bits per heavy atom. The van der Waals surface area contributed by atoms with Gasteiger partial charge in [0.25, 0.3) is 0 Å². The van der Waals surface area contributed by atoms with Gasteiger partial charge in [-0.3, -0.25) is 9.59 Å². The van der Waals surface area contributed by atoms with Crippen LogP contribution >= 0.6 is 11.6 Å². The number of carbonyl (C=O) groups excluding carboxylic acids is 2. The first-order valence-corrected chi connectivity index (χ1v) is 19.4. The lowest BCUT2D eigenvalue weighted by molar-refractivity contribution is -0.157. The fraction of sp³-hybridized carbons (Fsp3) is 0.846. The van der Waals surface area contributed by atoms with Gasteiger partial charge in [-0.25, -0.2) is 0 Å². The molecule has 258 valence electrons. The maximum absolute atomic E-state index is 12.2. The quantitative estimate of drug-likeness (QED) is 0.0224. The van der Waals surface area contributed by atoms with E-state index in [1.807, 2.05) is 0 Å². The molecule has 4 nitrogen and oxygen atoms in total. The van der Waals surface area contributed by atoms with Crippen LogP contribution in [0.3, 0.4) is 0 Å². The van der Waals surface area contributed by atoms with Gasteiger partial charge in [-0.15, -0.1) is 11.6 Å². The number of unbranched alkanes of at least 4 members (excludes halogenated alkanes) is 22. The molecule has 5 heteroatoms. The second-order valence-electron chi connectivity index (χ2n) is 12.6. The number of alkyl halides is 1. The summed E-state index contributed by atoms with van der Waals surface area (Å²) in [6.45, 7) is 4.57. The minimum absolute atomic E-state index is 0.0471. The normalized spacial score (nSPS) is 12.3. The molecule has 0 saturated heterocycles. The molecule has 0 amide bonds. The standard InChI is InChI=1S/C39H71ClO4/c1-3-5-7-9-11-13-15-17-19-21-23-25-27-29-31-33-38(41)43-36-37(35-40)44-39(42)34-32-30-28-26-24-22-20-18-16-14-12-10-8-6-4-2/h17-20,37H,3-16,21-36H2,1-2H3/b19-17-,20-18-/t37-/m1/s1/i1+1,2+1,3+1,4+1,5+1,6+1,7+1,8+1,9+1,10+1,11+1,12+1,13+1,14+1,15+1,16+1,17+1,18+1,19+1,20+1,21+1,22+1,23+1,24+1,25+1,26+1,27+1,28+1,29+1,30+1,31+1,32+1,33+1,34+1,38+1,39+1. The van der Waals surface area contributed by atoms with E-state index in [2.05, 4.69) is 38.2 Å². The van der Waals surface area contributed by atoms with Crippen molar-refractivity contribution in [3.05, 3.63) is 24.3 Å². The third-order valence-electron chi connectivity index (χ3n) is 8.19. The van der Waals surface area contributed by atoms with Crippen molar-refractivity contribution in [2.45, 2.75) is 200 Å². The molecule has 0 N–H and O–H groups in total. The van der Waals surface area contributed by atoms with Gasteiger partial charge in [0.05, 0.1) is 5.88 Å². The minimum Gasteiger partial charge on any atom is -0.462 e. The fourth-order valence-electron chi connectivity index (χ4n) is 5.29. The van der Waals surface area contributed by atoms with Crippen LogP contribution in [0.4, 0.5) is 0 Å². The van der Waals surface area contributed by atoms with Crippen molar-refractivity contribution < 1.29 is 19.1 Å². The van der Waals surface area contributed by atoms with Crippen molar-refractivity contribution in [2.75, 3.05) is 12.5 Å². The summed E-state index contributed by atoms with van der Waals surface area (Å²) in [5.74, 6) is -0.341. The molecule has 0 fully saturated rings. The van der Waals surface area contributed by atoms with Gasteiger partial charge in [-0.2, -0.15) is 0 Å². The van der Waals surface area contributed by atoms with E-state index in [0.717, 1.165) is 51.4 Å². The van der Waals surface area contributed by atoms with Gasteiger partial charge >= 0.3 is 11.9 Å². The molecule has 0 saturated carbocycles. The maximum Gasteiger partial charge on any atom is 0.306 e. The number of ether oxygens (including phenoxy) is 2. The molecule has 0 bridgehead atoms. The van der Waals surface area contributed by atoms with E-state index in [4.69, 9.17) is 21.1 Å². The zero-order valence-corrected chi connectivity index (χ0v) is 29.9. The van der Waals surface area contributed by atoms with Crippen LogP contribution in [0.2, 0.25) is 0 Å². The second-order valence-corrected chi connectivity index (χ2v) is 12.9. The van der Waals surface area contributed by atoms with E-state index in [-0.39, 0.29) is 24.4 Å². The molecular formula is C39H71ClO4. The Labute approximate surface area is 278 Å². The predicted molar refractivity (Wildman–Crippen MR) is 190 cm³/mol. The largest absolute Gasteiger partial charge is 0.462 e. The molecule has 0 aromatic carbocycles. The third-order valence-corrected chi connectivity index (χ3v) is 8.53. The Hall–Kier alpha value is -1.29. The van der Waals surface area contributed by atoms with Gasteiger partial charge < -0.3 is 9.47 Å². The van der Waals surface area contributed by atoms with Gasteiger partial charge in [0.2, 0.25) is 0 Å². The first-order chi connectivity index (χ1) is 21.6. The van der Waals surface area contributed by atoms with Crippen LogP contribution in [0.25, 0.3) is 0 Å². The van der Waals surface area contributed by atoms with Crippen molar-refractivity contribution in [3.63, 3.8) is 0 Å². The maximum atomic E-state index is 12.2. The summed E-state index contributed by atoms with van der Waals surface area (Å²) in [6.07, 6.45) is 41.5. The SMILES string of the molecule is [13CH3][13CH2][13CH2][13CH2][13CH2][13CH2][13CH2][13CH2]/[13CH]=[13CH]\[13CH2][13CH2][13CH2][13CH2][13CH2][13CH2][13CH2][13C](=O)OC[C@@H](CCl)O[13C](=O)[13CH2][13CH2][13CH2][13CH2][13CH2][13CH2][13CH2]/[13CH]=[13CH]\[13CH2][13CH2][13CH2][13CH2][13CH2][13CH2][13CH2][13CH3]. The zero-order chi connectivity index (χ0) is 32.2. The van der Waals surface area contributed by atoms with Crippen molar-refractivity contribution in [1.29, 1.82) is 0 Å². The van der Waals surface area contributed by atoms with Crippen LogP contribution in [-0.4, -0.2) is 30.5 Å². The molecule has 0 aliphatic rings. The Morgan fingerprint density at radius 3 is 1.23 bits per heavy atom. The van der Waals surface area contributed by atoms with E-state index < -0.39 is 6.10 Å². The molecule has 0 aliphatic carbocycles. The van der Waals surface area contributed by atoms with Gasteiger partial charge in [-0.1, -0.05) is 141 Å². The summed E-state index contributed by atoms with van der Waals surface area (Å²) in [5.41, 5.74) is 0. The highest BCUT2D eigenvalue weighted by molar-refractivity contribution is 6.18. The number of halogens is 1. The number of esters is 2. The number of carbonyl (C=O) groups is 2. The topological polar surface area (TPSA) is 52.6 Å². The Kier molecular flexibility index (Phi) is 35.1. The molecule has 0 heterocycles. The van der Waals surface area contributed by atoms with Crippen molar-refractivity contribution in [3.8, 4) is 0 Å². The number of allylic oxidation sites excluding steroid dienone is 4. The van der Waals surface area contributed by atoms with E-state index in [9.17, 15) is 9.59 Å². The molecule has 1 atom stereocenters. The Morgan fingerprint density at radius 1 is 0.500 bits per heavy atom. The molecule has 0 spiro atoms. The Balaban J connectivity index is 3.58. The van der Waals surface area contributed by atoms with Crippen molar-refractivity contribution >= 4 is 23.5 Å². The van der Waals surface area contributed by atoms with E-state index in [0.29, 0.717) is 12.8 Å². The van der Waals surface area contributed by atoms with Crippen LogP contribution in [0.1, 0.15) is 194 Å². The summed E-state index contributed by atoms with van der Waals surface area (Å²) in [5, 5.41) is 0. The van der Waals surface area contributed by atoms with Crippen LogP contribution in [0.5, 0.6) is 0 Å². The summed E-state index contributed by atoms with van der Waals surface area (Å²) < 4.78 is 10.8. The van der Waals surface area contributed by atoms with E-state index >= 15 is 0 Å². The average molecular weight is 675 g/mol. The van der Waals surface area contributed by atoms with Gasteiger partial charge in [0.15, 0.2) is 0 Å². The van der Waals surface area contributed by atoms with Gasteiger partial charge in [0.1, 0.15) is 12.7 Å².